The van der Waals surface area contributed by atoms with Crippen LogP contribution in [0.4, 0.5) is 0 Å². The average molecular weight is 124 g/mol. The first-order valence-corrected chi connectivity index (χ1v) is 3.75. The van der Waals surface area contributed by atoms with E-state index in [1.54, 1.807) is 0 Å². The van der Waals surface area contributed by atoms with Crippen molar-refractivity contribution in [3.8, 4) is 0 Å². The molecule has 1 nitrogen and oxygen atoms in total. The fourth-order valence-corrected chi connectivity index (χ4v) is 2.03. The topological polar surface area (TPSA) is 20.2 Å². The lowest BCUT2D eigenvalue weighted by Gasteiger charge is -2.09. The van der Waals surface area contributed by atoms with Crippen molar-refractivity contribution >= 4 is 0 Å². The maximum atomic E-state index is 9.35. The van der Waals surface area contributed by atoms with E-state index in [-0.39, 0.29) is 6.10 Å². The van der Waals surface area contributed by atoms with E-state index in [4.69, 9.17) is 0 Å². The second-order valence-corrected chi connectivity index (χ2v) is 3.08. The number of aliphatic hydroxyl groups is 1. The highest BCUT2D eigenvalue weighted by Crippen LogP contribution is 2.39. The van der Waals surface area contributed by atoms with Gasteiger partial charge in [0.1, 0.15) is 0 Å². The van der Waals surface area contributed by atoms with Gasteiger partial charge in [-0.3, -0.25) is 0 Å². The van der Waals surface area contributed by atoms with Crippen molar-refractivity contribution in [2.24, 2.45) is 5.92 Å². The van der Waals surface area contributed by atoms with Gasteiger partial charge in [0, 0.05) is 5.92 Å². The summed E-state index contributed by atoms with van der Waals surface area (Å²) in [6, 6.07) is 0. The number of aliphatic hydroxyl groups excluding tert-OH is 1. The molecule has 1 saturated carbocycles. The molecule has 0 bridgehead atoms. The zero-order valence-electron chi connectivity index (χ0n) is 5.51. The van der Waals surface area contributed by atoms with Crippen molar-refractivity contribution in [2.75, 3.05) is 0 Å². The van der Waals surface area contributed by atoms with E-state index < -0.39 is 0 Å². The fraction of sp³-hybridized carbons (Fsp3) is 0.750. The van der Waals surface area contributed by atoms with Gasteiger partial charge in [-0.2, -0.15) is 0 Å². The summed E-state index contributed by atoms with van der Waals surface area (Å²) in [5.41, 5.74) is 1.53. The van der Waals surface area contributed by atoms with Crippen LogP contribution in [0.3, 0.4) is 0 Å². The van der Waals surface area contributed by atoms with Crippen LogP contribution in [-0.4, -0.2) is 11.2 Å². The van der Waals surface area contributed by atoms with Crippen LogP contribution in [0.5, 0.6) is 0 Å². The van der Waals surface area contributed by atoms with Gasteiger partial charge in [-0.05, 0) is 25.7 Å². The highest BCUT2D eigenvalue weighted by molar-refractivity contribution is 5.19. The molecule has 2 aliphatic carbocycles. The third-order valence-electron chi connectivity index (χ3n) is 2.54. The second-order valence-electron chi connectivity index (χ2n) is 3.08. The molecule has 0 amide bonds. The molecule has 0 aromatic carbocycles. The molecule has 2 aliphatic rings. The van der Waals surface area contributed by atoms with E-state index >= 15 is 0 Å². The molecule has 0 spiro atoms. The number of hydrogen-bond acceptors (Lipinski definition) is 1. The predicted octanol–water partition coefficient (Wildman–Crippen LogP) is 1.48. The summed E-state index contributed by atoms with van der Waals surface area (Å²) in [6.45, 7) is 0. The largest absolute Gasteiger partial charge is 0.392 e. The second kappa shape index (κ2) is 1.84. The smallest absolute Gasteiger partial charge is 0.0639 e. The van der Waals surface area contributed by atoms with Gasteiger partial charge in [0.05, 0.1) is 6.10 Å². The number of rotatable bonds is 0. The Balaban J connectivity index is 2.19. The van der Waals surface area contributed by atoms with Gasteiger partial charge in [-0.25, -0.2) is 0 Å². The Morgan fingerprint density at radius 3 is 3.22 bits per heavy atom. The predicted molar refractivity (Wildman–Crippen MR) is 36.0 cm³/mol. The van der Waals surface area contributed by atoms with E-state index in [0.29, 0.717) is 5.92 Å². The molecule has 50 valence electrons. The first-order chi connectivity index (χ1) is 4.38. The highest BCUT2D eigenvalue weighted by atomic mass is 16.3. The maximum absolute atomic E-state index is 9.35. The average Bonchev–Trinajstić information content (AvgIpc) is 2.35. The molecule has 1 N–H and O–H groups in total. The summed E-state index contributed by atoms with van der Waals surface area (Å²) in [5.74, 6) is 0.560. The monoisotopic (exact) mass is 124 g/mol. The van der Waals surface area contributed by atoms with Gasteiger partial charge < -0.3 is 5.11 Å². The Morgan fingerprint density at radius 2 is 2.44 bits per heavy atom. The number of hydrogen-bond donors (Lipinski definition) is 1. The molecule has 2 atom stereocenters. The zero-order valence-corrected chi connectivity index (χ0v) is 5.51. The summed E-state index contributed by atoms with van der Waals surface area (Å²) in [6.07, 6.45) is 6.90. The normalized spacial score (nSPS) is 40.8. The lowest BCUT2D eigenvalue weighted by atomic mass is 10.0. The lowest BCUT2D eigenvalue weighted by Crippen LogP contribution is -2.12. The van der Waals surface area contributed by atoms with E-state index in [2.05, 4.69) is 6.08 Å². The molecule has 0 aromatic heterocycles. The van der Waals surface area contributed by atoms with Crippen molar-refractivity contribution in [1.29, 1.82) is 0 Å². The molecule has 0 aromatic rings. The van der Waals surface area contributed by atoms with Crippen LogP contribution in [0.25, 0.3) is 0 Å². The molecule has 9 heavy (non-hydrogen) atoms. The zero-order chi connectivity index (χ0) is 6.27. The molecule has 1 heteroatoms. The SMILES string of the molecule is O[C@H]1CC=C2CCC[C@@H]21. The minimum absolute atomic E-state index is 0.0255. The standard InChI is InChI=1S/C8H12O/c9-8-5-4-6-2-1-3-7(6)8/h4,7-9H,1-3,5H2/t7-,8-/m0/s1. The minimum atomic E-state index is -0.0255. The Hall–Kier alpha value is -0.300. The maximum Gasteiger partial charge on any atom is 0.0639 e. The van der Waals surface area contributed by atoms with Crippen LogP contribution in [0.1, 0.15) is 25.7 Å². The summed E-state index contributed by atoms with van der Waals surface area (Å²) >= 11 is 0. The van der Waals surface area contributed by atoms with Gasteiger partial charge in [0.15, 0.2) is 0 Å². The molecular weight excluding hydrogens is 112 g/mol. The Bertz CT molecular complexity index is 149. The summed E-state index contributed by atoms with van der Waals surface area (Å²) in [7, 11) is 0. The molecule has 0 unspecified atom stereocenters. The van der Waals surface area contributed by atoms with Crippen molar-refractivity contribution < 1.29 is 5.11 Å². The quantitative estimate of drug-likeness (QED) is 0.485. The first kappa shape index (κ1) is 5.48. The highest BCUT2D eigenvalue weighted by Gasteiger charge is 2.31. The molecule has 0 radical (unpaired) electrons. The summed E-state index contributed by atoms with van der Waals surface area (Å²) < 4.78 is 0. The first-order valence-electron chi connectivity index (χ1n) is 3.75. The third kappa shape index (κ3) is 0.715. The minimum Gasteiger partial charge on any atom is -0.392 e. The summed E-state index contributed by atoms with van der Waals surface area (Å²) in [4.78, 5) is 0. The van der Waals surface area contributed by atoms with Crippen LogP contribution in [-0.2, 0) is 0 Å². The van der Waals surface area contributed by atoms with Crippen LogP contribution in [0, 0.1) is 5.92 Å². The van der Waals surface area contributed by atoms with Crippen LogP contribution in [0.2, 0.25) is 0 Å². The Kier molecular flexibility index (Phi) is 1.12. The van der Waals surface area contributed by atoms with Gasteiger partial charge in [-0.15, -0.1) is 0 Å². The molecular formula is C8H12O. The molecule has 2 rings (SSSR count). The van der Waals surface area contributed by atoms with Crippen molar-refractivity contribution in [2.45, 2.75) is 31.8 Å². The van der Waals surface area contributed by atoms with E-state index in [1.165, 1.54) is 24.8 Å². The van der Waals surface area contributed by atoms with Crippen LogP contribution >= 0.6 is 0 Å². The van der Waals surface area contributed by atoms with Crippen molar-refractivity contribution in [1.82, 2.24) is 0 Å². The molecule has 1 fully saturated rings. The fourth-order valence-electron chi connectivity index (χ4n) is 2.03. The number of fused-ring (bicyclic) bond motifs is 1. The van der Waals surface area contributed by atoms with E-state index in [1.807, 2.05) is 0 Å². The Morgan fingerprint density at radius 1 is 1.56 bits per heavy atom. The molecule has 0 heterocycles. The van der Waals surface area contributed by atoms with Crippen molar-refractivity contribution in [3.05, 3.63) is 11.6 Å². The third-order valence-corrected chi connectivity index (χ3v) is 2.54. The molecule has 0 saturated heterocycles. The van der Waals surface area contributed by atoms with E-state index in [9.17, 15) is 5.11 Å². The van der Waals surface area contributed by atoms with Gasteiger partial charge in [-0.1, -0.05) is 11.6 Å². The van der Waals surface area contributed by atoms with Crippen LogP contribution < -0.4 is 0 Å². The molecule has 0 aliphatic heterocycles. The van der Waals surface area contributed by atoms with Crippen molar-refractivity contribution in [3.63, 3.8) is 0 Å². The van der Waals surface area contributed by atoms with Crippen LogP contribution in [0.15, 0.2) is 11.6 Å². The van der Waals surface area contributed by atoms with Gasteiger partial charge in [0.2, 0.25) is 0 Å². The summed E-state index contributed by atoms with van der Waals surface area (Å²) in [5, 5.41) is 9.35. The lowest BCUT2D eigenvalue weighted by molar-refractivity contribution is 0.141. The Labute approximate surface area is 55.4 Å². The van der Waals surface area contributed by atoms with Gasteiger partial charge in [0.25, 0.3) is 0 Å². The van der Waals surface area contributed by atoms with Gasteiger partial charge >= 0.3 is 0 Å². The van der Waals surface area contributed by atoms with E-state index in [0.717, 1.165) is 6.42 Å².